The van der Waals surface area contributed by atoms with Gasteiger partial charge >= 0.3 is 0 Å². The molecule has 144 valence electrons. The maximum absolute atomic E-state index is 12.8. The topological polar surface area (TPSA) is 81.4 Å². The highest BCUT2D eigenvalue weighted by atomic mass is 16.5. The average molecular weight is 386 g/mol. The van der Waals surface area contributed by atoms with Gasteiger partial charge in [0.25, 0.3) is 5.91 Å². The Hall–Kier alpha value is -3.93. The van der Waals surface area contributed by atoms with E-state index in [4.69, 9.17) is 9.15 Å². The average Bonchev–Trinajstić information content (AvgIpc) is 2.78. The number of fused-ring (bicyclic) bond motifs is 1. The first-order chi connectivity index (χ1) is 14.2. The molecule has 29 heavy (non-hydrogen) atoms. The Labute approximate surface area is 166 Å². The predicted octanol–water partition coefficient (Wildman–Crippen LogP) is 3.55. The number of carbonyl (C=O) groups is 1. The molecule has 1 N–H and O–H groups in total. The van der Waals surface area contributed by atoms with Gasteiger partial charge in [0.1, 0.15) is 17.6 Å². The summed E-state index contributed by atoms with van der Waals surface area (Å²) in [5.41, 5.74) is 2.50. The maximum Gasteiger partial charge on any atom is 0.258 e. The van der Waals surface area contributed by atoms with Gasteiger partial charge in [-0.05, 0) is 29.3 Å². The van der Waals surface area contributed by atoms with Gasteiger partial charge < -0.3 is 14.5 Å². The van der Waals surface area contributed by atoms with Crippen molar-refractivity contribution in [3.8, 4) is 16.9 Å². The van der Waals surface area contributed by atoms with E-state index in [9.17, 15) is 9.59 Å². The molecule has 0 aliphatic heterocycles. The second-order valence-corrected chi connectivity index (χ2v) is 6.43. The van der Waals surface area contributed by atoms with Crippen molar-refractivity contribution in [2.24, 2.45) is 0 Å². The van der Waals surface area contributed by atoms with E-state index >= 15 is 0 Å². The minimum absolute atomic E-state index is 0.113. The molecule has 0 saturated carbocycles. The molecule has 0 aliphatic rings. The number of pyridine rings is 1. The van der Waals surface area contributed by atoms with Crippen LogP contribution in [0.4, 0.5) is 0 Å². The normalized spacial score (nSPS) is 10.6. The van der Waals surface area contributed by atoms with E-state index < -0.39 is 0 Å². The molecular weight excluding hydrogens is 368 g/mol. The first-order valence-corrected chi connectivity index (χ1v) is 9.10. The fraction of sp³-hybridized carbons (Fsp3) is 0.0870. The van der Waals surface area contributed by atoms with Crippen molar-refractivity contribution < 1.29 is 13.9 Å². The molecular formula is C23H18N2O4. The third-order valence-electron chi connectivity index (χ3n) is 4.41. The molecule has 0 bridgehead atoms. The zero-order valence-electron chi connectivity index (χ0n) is 15.5. The lowest BCUT2D eigenvalue weighted by atomic mass is 10.1. The van der Waals surface area contributed by atoms with Crippen molar-refractivity contribution in [1.29, 1.82) is 0 Å². The second-order valence-electron chi connectivity index (χ2n) is 6.43. The number of aromatic nitrogens is 1. The summed E-state index contributed by atoms with van der Waals surface area (Å²) >= 11 is 0. The Kier molecular flexibility index (Phi) is 5.33. The minimum Gasteiger partial charge on any atom is -0.484 e. The first-order valence-electron chi connectivity index (χ1n) is 9.10. The molecule has 2 aromatic heterocycles. The van der Waals surface area contributed by atoms with E-state index in [0.717, 1.165) is 11.1 Å². The fourth-order valence-electron chi connectivity index (χ4n) is 2.92. The van der Waals surface area contributed by atoms with Crippen LogP contribution in [0.5, 0.6) is 5.75 Å². The molecule has 0 saturated heterocycles. The minimum atomic E-state index is -0.255. The van der Waals surface area contributed by atoms with Crippen molar-refractivity contribution in [2.45, 2.75) is 6.54 Å². The highest BCUT2D eigenvalue weighted by molar-refractivity contribution is 5.83. The Morgan fingerprint density at radius 1 is 1.07 bits per heavy atom. The standard InChI is InChI=1S/C23H18N2O4/c26-22(25-13-16-5-4-10-24-12-16)15-28-18-8-9-19-21(11-18)29-14-20(23(19)27)17-6-2-1-3-7-17/h1-12,14H,13,15H2,(H,25,26). The second kappa shape index (κ2) is 8.39. The number of nitrogens with one attached hydrogen (secondary N) is 1. The van der Waals surface area contributed by atoms with Gasteiger partial charge in [-0.15, -0.1) is 0 Å². The number of rotatable bonds is 6. The molecule has 2 heterocycles. The van der Waals surface area contributed by atoms with Crippen molar-refractivity contribution in [3.63, 3.8) is 0 Å². The van der Waals surface area contributed by atoms with Gasteiger partial charge in [-0.2, -0.15) is 0 Å². The number of ether oxygens (including phenoxy) is 1. The molecule has 0 fully saturated rings. The Balaban J connectivity index is 1.44. The van der Waals surface area contributed by atoms with Crippen LogP contribution >= 0.6 is 0 Å². The van der Waals surface area contributed by atoms with Gasteiger partial charge in [-0.1, -0.05) is 36.4 Å². The zero-order valence-corrected chi connectivity index (χ0v) is 15.5. The van der Waals surface area contributed by atoms with Crippen molar-refractivity contribution in [2.75, 3.05) is 6.61 Å². The van der Waals surface area contributed by atoms with Crippen LogP contribution in [0.3, 0.4) is 0 Å². The SMILES string of the molecule is O=C(COc1ccc2c(=O)c(-c3ccccc3)coc2c1)NCc1cccnc1. The monoisotopic (exact) mass is 386 g/mol. The van der Waals surface area contributed by atoms with E-state index in [2.05, 4.69) is 10.3 Å². The molecule has 0 unspecified atom stereocenters. The van der Waals surface area contributed by atoms with E-state index in [1.165, 1.54) is 6.26 Å². The summed E-state index contributed by atoms with van der Waals surface area (Å²) in [6.07, 6.45) is 4.82. The van der Waals surface area contributed by atoms with Gasteiger partial charge in [0, 0.05) is 25.0 Å². The lowest BCUT2D eigenvalue weighted by Gasteiger charge is -2.08. The molecule has 1 amide bonds. The fourth-order valence-corrected chi connectivity index (χ4v) is 2.92. The van der Waals surface area contributed by atoms with Crippen molar-refractivity contribution >= 4 is 16.9 Å². The summed E-state index contributed by atoms with van der Waals surface area (Å²) in [6, 6.07) is 18.0. The quantitative estimate of drug-likeness (QED) is 0.548. The molecule has 2 aromatic carbocycles. The molecule has 4 aromatic rings. The number of hydrogen-bond donors (Lipinski definition) is 1. The smallest absolute Gasteiger partial charge is 0.258 e. The van der Waals surface area contributed by atoms with Crippen LogP contribution in [0, 0.1) is 0 Å². The van der Waals surface area contributed by atoms with Crippen molar-refractivity contribution in [3.05, 3.63) is 95.1 Å². The molecule has 0 spiro atoms. The summed E-state index contributed by atoms with van der Waals surface area (Å²) in [5, 5.41) is 3.22. The van der Waals surface area contributed by atoms with E-state index in [1.807, 2.05) is 42.5 Å². The molecule has 0 atom stereocenters. The van der Waals surface area contributed by atoms with Crippen LogP contribution in [0.25, 0.3) is 22.1 Å². The summed E-state index contributed by atoms with van der Waals surface area (Å²) in [7, 11) is 0. The lowest BCUT2D eigenvalue weighted by molar-refractivity contribution is -0.123. The molecule has 6 nitrogen and oxygen atoms in total. The first kappa shape index (κ1) is 18.4. The van der Waals surface area contributed by atoms with Gasteiger partial charge in [-0.3, -0.25) is 14.6 Å². The van der Waals surface area contributed by atoms with Gasteiger partial charge in [-0.25, -0.2) is 0 Å². The van der Waals surface area contributed by atoms with Crippen molar-refractivity contribution in [1.82, 2.24) is 10.3 Å². The summed E-state index contributed by atoms with van der Waals surface area (Å²) in [4.78, 5) is 28.7. The Bertz CT molecular complexity index is 1190. The number of carbonyl (C=O) groups excluding carboxylic acids is 1. The number of benzene rings is 2. The summed E-state index contributed by atoms with van der Waals surface area (Å²) in [6.45, 7) is 0.239. The van der Waals surface area contributed by atoms with Crippen LogP contribution in [-0.2, 0) is 11.3 Å². The number of nitrogens with zero attached hydrogens (tertiary/aromatic N) is 1. The van der Waals surface area contributed by atoms with Gasteiger partial charge in [0.15, 0.2) is 12.0 Å². The number of amides is 1. The number of hydrogen-bond acceptors (Lipinski definition) is 5. The van der Waals surface area contributed by atoms with Crippen LogP contribution in [-0.4, -0.2) is 17.5 Å². The van der Waals surface area contributed by atoms with Gasteiger partial charge in [0.05, 0.1) is 10.9 Å². The molecule has 0 radical (unpaired) electrons. The highest BCUT2D eigenvalue weighted by Gasteiger charge is 2.10. The van der Waals surface area contributed by atoms with E-state index in [0.29, 0.717) is 28.8 Å². The Morgan fingerprint density at radius 3 is 2.72 bits per heavy atom. The maximum atomic E-state index is 12.8. The largest absolute Gasteiger partial charge is 0.484 e. The highest BCUT2D eigenvalue weighted by Crippen LogP contribution is 2.23. The summed E-state index contributed by atoms with van der Waals surface area (Å²) < 4.78 is 11.2. The van der Waals surface area contributed by atoms with Crippen LogP contribution in [0.2, 0.25) is 0 Å². The van der Waals surface area contributed by atoms with Crippen LogP contribution in [0.15, 0.2) is 88.5 Å². The van der Waals surface area contributed by atoms with Crippen LogP contribution in [0.1, 0.15) is 5.56 Å². The molecule has 4 rings (SSSR count). The van der Waals surface area contributed by atoms with Crippen LogP contribution < -0.4 is 15.5 Å². The molecule has 6 heteroatoms. The van der Waals surface area contributed by atoms with Gasteiger partial charge in [0.2, 0.25) is 0 Å². The molecule has 0 aliphatic carbocycles. The van der Waals surface area contributed by atoms with E-state index in [1.54, 1.807) is 30.6 Å². The lowest BCUT2D eigenvalue weighted by Crippen LogP contribution is -2.28. The van der Waals surface area contributed by atoms with E-state index in [-0.39, 0.29) is 17.9 Å². The predicted molar refractivity (Wildman–Crippen MR) is 109 cm³/mol. The third kappa shape index (κ3) is 4.32. The third-order valence-corrected chi connectivity index (χ3v) is 4.41. The Morgan fingerprint density at radius 2 is 1.93 bits per heavy atom. The summed E-state index contributed by atoms with van der Waals surface area (Å²) in [5.74, 6) is 0.194. The zero-order chi connectivity index (χ0) is 20.1.